The number of carbonyl (C=O) groups is 2. The first-order valence-electron chi connectivity index (χ1n) is 13.6. The third-order valence-electron chi connectivity index (χ3n) is 8.44. The minimum Gasteiger partial charge on any atom is -0.497 e. The zero-order valence-electron chi connectivity index (χ0n) is 24.1. The first-order valence-corrected chi connectivity index (χ1v) is 13.6. The minimum atomic E-state index is -0.478. The standard InChI is InChI=1S/C30H38N4O6.H2/c1-7-34-29(36)33-18-20-15-22(38-4)17-25(40-6)27(20)19(2)14-26(33)30(34)10-12-32(13-11-30)28(35)31-23-9-8-21(37-3)16-24(23)39-5;/h8-9,14-17,19H,7,10-13,18H2,1-6H3,(H,31,35);1H/t19-;/m0./s1. The molecule has 3 aliphatic rings. The lowest BCUT2D eigenvalue weighted by Gasteiger charge is -2.44. The van der Waals surface area contributed by atoms with E-state index in [1.54, 1.807) is 51.5 Å². The molecule has 216 valence electrons. The van der Waals surface area contributed by atoms with Gasteiger partial charge in [0.05, 0.1) is 46.2 Å². The van der Waals surface area contributed by atoms with Crippen molar-refractivity contribution in [2.24, 2.45) is 0 Å². The number of piperidine rings is 1. The van der Waals surface area contributed by atoms with Crippen LogP contribution in [0.3, 0.4) is 0 Å². The Bertz CT molecular complexity index is 1340. The molecule has 2 aromatic carbocycles. The predicted octanol–water partition coefficient (Wildman–Crippen LogP) is 5.29. The Morgan fingerprint density at radius 2 is 1.68 bits per heavy atom. The summed E-state index contributed by atoms with van der Waals surface area (Å²) in [5.74, 6) is 2.66. The van der Waals surface area contributed by atoms with Crippen molar-refractivity contribution >= 4 is 17.7 Å². The average molecular weight is 553 g/mol. The van der Waals surface area contributed by atoms with Gasteiger partial charge >= 0.3 is 12.1 Å². The van der Waals surface area contributed by atoms with E-state index in [0.717, 1.165) is 22.6 Å². The number of anilines is 1. The van der Waals surface area contributed by atoms with E-state index in [1.165, 1.54) is 0 Å². The number of likely N-dealkylation sites (tertiary alicyclic amines) is 1. The number of amides is 4. The average Bonchev–Trinajstić information content (AvgIpc) is 3.08. The van der Waals surface area contributed by atoms with Crippen LogP contribution in [0.5, 0.6) is 23.0 Å². The van der Waals surface area contributed by atoms with Gasteiger partial charge in [0.2, 0.25) is 0 Å². The molecule has 0 saturated carbocycles. The SMILES string of the molecule is CCN1C(=O)N2Cc3cc(OC)cc(OC)c3[C@@H](C)C=C2C12CCN(C(=O)Nc1ccc(OC)cc1OC)CC2.[HH]. The molecule has 0 aliphatic carbocycles. The van der Waals surface area contributed by atoms with Gasteiger partial charge in [0.15, 0.2) is 0 Å². The first kappa shape index (κ1) is 27.5. The molecule has 10 heteroatoms. The number of likely N-dealkylation sites (N-methyl/N-ethyl adjacent to an activating group) is 1. The molecule has 10 nitrogen and oxygen atoms in total. The number of nitrogens with zero attached hydrogens (tertiary/aromatic N) is 3. The minimum absolute atomic E-state index is 0. The maximum Gasteiger partial charge on any atom is 0.325 e. The molecule has 3 heterocycles. The van der Waals surface area contributed by atoms with E-state index in [0.29, 0.717) is 62.0 Å². The number of urea groups is 2. The largest absolute Gasteiger partial charge is 0.497 e. The number of allylic oxidation sites excluding steroid dienone is 1. The summed E-state index contributed by atoms with van der Waals surface area (Å²) >= 11 is 0. The number of ether oxygens (including phenoxy) is 4. The van der Waals surface area contributed by atoms with E-state index < -0.39 is 5.54 Å². The molecule has 0 bridgehead atoms. The molecule has 3 aliphatic heterocycles. The fraction of sp³-hybridized carbons (Fsp3) is 0.467. The monoisotopic (exact) mass is 552 g/mol. The number of methoxy groups -OCH3 is 4. The van der Waals surface area contributed by atoms with Gasteiger partial charge in [-0.3, -0.25) is 4.90 Å². The summed E-state index contributed by atoms with van der Waals surface area (Å²) in [6, 6.07) is 8.98. The van der Waals surface area contributed by atoms with E-state index in [9.17, 15) is 9.59 Å². The van der Waals surface area contributed by atoms with E-state index in [2.05, 4.69) is 18.3 Å². The van der Waals surface area contributed by atoms with Crippen molar-refractivity contribution < 1.29 is 30.0 Å². The number of hydrogen-bond donors (Lipinski definition) is 1. The lowest BCUT2D eigenvalue weighted by atomic mass is 9.82. The molecule has 40 heavy (non-hydrogen) atoms. The van der Waals surface area contributed by atoms with Gasteiger partial charge in [-0.25, -0.2) is 9.59 Å². The van der Waals surface area contributed by atoms with Gasteiger partial charge in [0, 0.05) is 50.4 Å². The Kier molecular flexibility index (Phi) is 7.44. The summed E-state index contributed by atoms with van der Waals surface area (Å²) in [7, 11) is 6.44. The van der Waals surface area contributed by atoms with Crippen LogP contribution in [0.25, 0.3) is 0 Å². The second-order valence-corrected chi connectivity index (χ2v) is 10.4. The third-order valence-corrected chi connectivity index (χ3v) is 8.44. The van der Waals surface area contributed by atoms with Crippen LogP contribution < -0.4 is 24.3 Å². The van der Waals surface area contributed by atoms with Gasteiger partial charge in [-0.15, -0.1) is 0 Å². The molecule has 0 radical (unpaired) electrons. The Labute approximate surface area is 236 Å². The van der Waals surface area contributed by atoms with Crippen molar-refractivity contribution in [1.82, 2.24) is 14.7 Å². The highest BCUT2D eigenvalue weighted by Gasteiger charge is 2.55. The lowest BCUT2D eigenvalue weighted by molar-refractivity contribution is 0.106. The molecule has 0 aromatic heterocycles. The number of benzene rings is 2. The van der Waals surface area contributed by atoms with Crippen LogP contribution in [-0.4, -0.2) is 80.4 Å². The lowest BCUT2D eigenvalue weighted by Crippen LogP contribution is -2.55. The van der Waals surface area contributed by atoms with Gasteiger partial charge in [-0.2, -0.15) is 0 Å². The number of fused-ring (bicyclic) bond motifs is 3. The van der Waals surface area contributed by atoms with Crippen LogP contribution in [-0.2, 0) is 6.54 Å². The number of carbonyl (C=O) groups excluding carboxylic acids is 2. The van der Waals surface area contributed by atoms with Crippen LogP contribution in [0.4, 0.5) is 15.3 Å². The smallest absolute Gasteiger partial charge is 0.325 e. The first-order chi connectivity index (χ1) is 19.3. The van der Waals surface area contributed by atoms with E-state index >= 15 is 0 Å². The van der Waals surface area contributed by atoms with Crippen molar-refractivity contribution in [3.05, 3.63) is 53.2 Å². The van der Waals surface area contributed by atoms with Gasteiger partial charge in [-0.05, 0) is 43.5 Å². The maximum absolute atomic E-state index is 13.8. The molecule has 2 fully saturated rings. The van der Waals surface area contributed by atoms with Crippen molar-refractivity contribution in [2.45, 2.75) is 44.7 Å². The van der Waals surface area contributed by atoms with Crippen LogP contribution in [0, 0.1) is 0 Å². The van der Waals surface area contributed by atoms with E-state index in [4.69, 9.17) is 18.9 Å². The molecule has 5 rings (SSSR count). The molecular formula is C30H40N4O6. The van der Waals surface area contributed by atoms with Gasteiger partial charge in [0.25, 0.3) is 0 Å². The highest BCUT2D eigenvalue weighted by molar-refractivity contribution is 5.91. The summed E-state index contributed by atoms with van der Waals surface area (Å²) in [4.78, 5) is 32.8. The zero-order chi connectivity index (χ0) is 28.6. The van der Waals surface area contributed by atoms with Crippen LogP contribution >= 0.6 is 0 Å². The fourth-order valence-electron chi connectivity index (χ4n) is 6.44. The Hall–Kier alpha value is -4.08. The molecule has 2 saturated heterocycles. The fourth-order valence-corrected chi connectivity index (χ4v) is 6.44. The molecule has 0 unspecified atom stereocenters. The number of rotatable bonds is 6. The normalized spacial score (nSPS) is 19.4. The van der Waals surface area contributed by atoms with Crippen molar-refractivity contribution in [3.63, 3.8) is 0 Å². The van der Waals surface area contributed by atoms with Gasteiger partial charge in [0.1, 0.15) is 23.0 Å². The molecule has 1 N–H and O–H groups in total. The van der Waals surface area contributed by atoms with Gasteiger partial charge < -0.3 is 34.1 Å². The van der Waals surface area contributed by atoms with E-state index in [1.807, 2.05) is 28.9 Å². The predicted molar refractivity (Wildman–Crippen MR) is 154 cm³/mol. The summed E-state index contributed by atoms with van der Waals surface area (Å²) in [5.41, 5.74) is 3.20. The number of nitrogens with one attached hydrogen (secondary N) is 1. The number of hydrogen-bond acceptors (Lipinski definition) is 6. The maximum atomic E-state index is 13.8. The Morgan fingerprint density at radius 1 is 1.00 bits per heavy atom. The Balaban J connectivity index is 0.00000387. The molecule has 2 aromatic rings. The topological polar surface area (TPSA) is 92.8 Å². The summed E-state index contributed by atoms with van der Waals surface area (Å²) in [6.45, 7) is 6.21. The second-order valence-electron chi connectivity index (χ2n) is 10.4. The van der Waals surface area contributed by atoms with Crippen LogP contribution in [0.15, 0.2) is 42.1 Å². The summed E-state index contributed by atoms with van der Waals surface area (Å²) < 4.78 is 22.0. The van der Waals surface area contributed by atoms with Crippen molar-refractivity contribution in [3.8, 4) is 23.0 Å². The van der Waals surface area contributed by atoms with Crippen molar-refractivity contribution in [2.75, 3.05) is 53.4 Å². The summed E-state index contributed by atoms with van der Waals surface area (Å²) in [6.07, 6.45) is 3.50. The zero-order valence-corrected chi connectivity index (χ0v) is 24.1. The van der Waals surface area contributed by atoms with Crippen LogP contribution in [0.1, 0.15) is 45.2 Å². The van der Waals surface area contributed by atoms with Crippen LogP contribution in [0.2, 0.25) is 0 Å². The molecule has 1 spiro atoms. The summed E-state index contributed by atoms with van der Waals surface area (Å²) in [5, 5.41) is 2.98. The molecular weight excluding hydrogens is 512 g/mol. The Morgan fingerprint density at radius 3 is 2.30 bits per heavy atom. The van der Waals surface area contributed by atoms with Crippen molar-refractivity contribution in [1.29, 1.82) is 0 Å². The van der Waals surface area contributed by atoms with Gasteiger partial charge in [-0.1, -0.05) is 13.0 Å². The highest BCUT2D eigenvalue weighted by atomic mass is 16.5. The third kappa shape index (κ3) is 4.45. The molecule has 1 atom stereocenters. The highest BCUT2D eigenvalue weighted by Crippen LogP contribution is 2.49. The van der Waals surface area contributed by atoms with E-state index in [-0.39, 0.29) is 19.4 Å². The second kappa shape index (κ2) is 10.8. The molecule has 4 amide bonds. The quantitative estimate of drug-likeness (QED) is 0.523.